The molecule has 0 spiro atoms. The second kappa shape index (κ2) is 4.49. The molecule has 17 heavy (non-hydrogen) atoms. The van der Waals surface area contributed by atoms with E-state index < -0.39 is 12.1 Å². The van der Waals surface area contributed by atoms with Gasteiger partial charge in [0.05, 0.1) is 5.56 Å². The lowest BCUT2D eigenvalue weighted by Crippen LogP contribution is -2.34. The molecular weight excluding hydrogens is 240 g/mol. The van der Waals surface area contributed by atoms with E-state index in [9.17, 15) is 9.59 Å². The van der Waals surface area contributed by atoms with Gasteiger partial charge in [0.25, 0.3) is 0 Å². The Morgan fingerprint density at radius 3 is 2.88 bits per heavy atom. The van der Waals surface area contributed by atoms with E-state index in [1.165, 1.54) is 0 Å². The molecule has 0 bridgehead atoms. The number of carbonyl (C=O) groups excluding carboxylic acids is 2. The number of cyclic esters (lactones) is 1. The standard InChI is InChI=1S/C13H13ClO3/c1-3-11(15)12-5-8-4-7(2)10(14)6-9(8)13(16)17-12/h4,6,12H,3,5H2,1-2H3. The molecule has 2 rings (SSSR count). The number of ketones is 1. The van der Waals surface area contributed by atoms with Crippen LogP contribution in [0.25, 0.3) is 0 Å². The average molecular weight is 253 g/mol. The molecule has 3 nitrogen and oxygen atoms in total. The Hall–Kier alpha value is -1.35. The van der Waals surface area contributed by atoms with Gasteiger partial charge in [-0.3, -0.25) is 4.79 Å². The van der Waals surface area contributed by atoms with E-state index in [0.717, 1.165) is 11.1 Å². The zero-order valence-electron chi connectivity index (χ0n) is 9.75. The van der Waals surface area contributed by atoms with Crippen LogP contribution in [-0.2, 0) is 16.0 Å². The van der Waals surface area contributed by atoms with Crippen LogP contribution in [-0.4, -0.2) is 17.9 Å². The van der Waals surface area contributed by atoms with Crippen molar-refractivity contribution in [3.63, 3.8) is 0 Å². The van der Waals surface area contributed by atoms with Gasteiger partial charge in [0.15, 0.2) is 11.9 Å². The van der Waals surface area contributed by atoms with Crippen molar-refractivity contribution >= 4 is 23.4 Å². The molecule has 90 valence electrons. The number of Topliss-reactive ketones (excluding diaryl/α,β-unsaturated/α-hetero) is 1. The fraction of sp³-hybridized carbons (Fsp3) is 0.385. The van der Waals surface area contributed by atoms with E-state index in [4.69, 9.17) is 16.3 Å². The largest absolute Gasteiger partial charge is 0.450 e. The van der Waals surface area contributed by atoms with Crippen LogP contribution in [0.1, 0.15) is 34.8 Å². The maximum absolute atomic E-state index is 11.7. The Kier molecular flexibility index (Phi) is 3.20. The number of ether oxygens (including phenoxy) is 1. The van der Waals surface area contributed by atoms with Crippen LogP contribution in [0.5, 0.6) is 0 Å². The van der Waals surface area contributed by atoms with Gasteiger partial charge < -0.3 is 4.74 Å². The summed E-state index contributed by atoms with van der Waals surface area (Å²) in [4.78, 5) is 23.3. The molecule has 0 aromatic heterocycles. The van der Waals surface area contributed by atoms with Crippen LogP contribution in [0.2, 0.25) is 5.02 Å². The summed E-state index contributed by atoms with van der Waals surface area (Å²) in [5.74, 6) is -0.503. The van der Waals surface area contributed by atoms with Crippen molar-refractivity contribution in [2.24, 2.45) is 0 Å². The van der Waals surface area contributed by atoms with Crippen LogP contribution in [0.15, 0.2) is 12.1 Å². The molecule has 4 heteroatoms. The van der Waals surface area contributed by atoms with E-state index >= 15 is 0 Å². The number of hydrogen-bond donors (Lipinski definition) is 0. The highest BCUT2D eigenvalue weighted by Crippen LogP contribution is 2.27. The zero-order valence-corrected chi connectivity index (χ0v) is 10.5. The number of rotatable bonds is 2. The number of aryl methyl sites for hydroxylation is 1. The summed E-state index contributed by atoms with van der Waals surface area (Å²) in [7, 11) is 0. The van der Waals surface area contributed by atoms with Gasteiger partial charge in [-0.15, -0.1) is 0 Å². The third-order valence-corrected chi connectivity index (χ3v) is 3.37. The van der Waals surface area contributed by atoms with Crippen molar-refractivity contribution in [2.45, 2.75) is 32.8 Å². The number of fused-ring (bicyclic) bond motifs is 1. The highest BCUT2D eigenvalue weighted by atomic mass is 35.5. The molecule has 1 heterocycles. The first kappa shape index (κ1) is 12.1. The fourth-order valence-corrected chi connectivity index (χ4v) is 2.11. The first-order chi connectivity index (χ1) is 8.02. The van der Waals surface area contributed by atoms with Gasteiger partial charge in [-0.2, -0.15) is 0 Å². The molecule has 0 amide bonds. The van der Waals surface area contributed by atoms with Gasteiger partial charge in [-0.25, -0.2) is 4.79 Å². The minimum Gasteiger partial charge on any atom is -0.450 e. The quantitative estimate of drug-likeness (QED) is 0.760. The molecule has 1 atom stereocenters. The third-order valence-electron chi connectivity index (χ3n) is 2.97. The van der Waals surface area contributed by atoms with E-state index in [1.807, 2.05) is 13.0 Å². The molecule has 1 aromatic rings. The molecule has 0 saturated carbocycles. The summed E-state index contributed by atoms with van der Waals surface area (Å²) < 4.78 is 5.11. The summed E-state index contributed by atoms with van der Waals surface area (Å²) in [6.07, 6.45) is 0.187. The van der Waals surface area contributed by atoms with Crippen LogP contribution < -0.4 is 0 Å². The SMILES string of the molecule is CCC(=O)C1Cc2cc(C)c(Cl)cc2C(=O)O1. The second-order valence-corrected chi connectivity index (χ2v) is 4.58. The van der Waals surface area contributed by atoms with Crippen molar-refractivity contribution in [1.29, 1.82) is 0 Å². The third kappa shape index (κ3) is 2.20. The lowest BCUT2D eigenvalue weighted by Gasteiger charge is -2.24. The Bertz CT molecular complexity index is 494. The van der Waals surface area contributed by atoms with Gasteiger partial charge in [-0.05, 0) is 24.1 Å². The van der Waals surface area contributed by atoms with E-state index in [0.29, 0.717) is 23.4 Å². The predicted octanol–water partition coefficient (Wildman–Crippen LogP) is 2.71. The topological polar surface area (TPSA) is 43.4 Å². The second-order valence-electron chi connectivity index (χ2n) is 4.18. The molecular formula is C13H13ClO3. The summed E-state index contributed by atoms with van der Waals surface area (Å²) in [6, 6.07) is 3.47. The van der Waals surface area contributed by atoms with Crippen molar-refractivity contribution in [1.82, 2.24) is 0 Å². The molecule has 0 fully saturated rings. The first-order valence-electron chi connectivity index (χ1n) is 5.55. The van der Waals surface area contributed by atoms with Crippen molar-refractivity contribution < 1.29 is 14.3 Å². The van der Waals surface area contributed by atoms with Gasteiger partial charge in [0.1, 0.15) is 0 Å². The minimum absolute atomic E-state index is 0.0448. The van der Waals surface area contributed by atoms with Gasteiger partial charge >= 0.3 is 5.97 Å². The van der Waals surface area contributed by atoms with Gasteiger partial charge in [-0.1, -0.05) is 24.6 Å². The summed E-state index contributed by atoms with van der Waals surface area (Å²) in [6.45, 7) is 3.64. The average Bonchev–Trinajstić information content (AvgIpc) is 2.30. The Morgan fingerprint density at radius 1 is 1.53 bits per heavy atom. The van der Waals surface area contributed by atoms with Crippen LogP contribution >= 0.6 is 11.6 Å². The molecule has 0 N–H and O–H groups in total. The molecule has 0 saturated heterocycles. The lowest BCUT2D eigenvalue weighted by molar-refractivity contribution is -0.127. The van der Waals surface area contributed by atoms with Crippen molar-refractivity contribution in [3.8, 4) is 0 Å². The maximum atomic E-state index is 11.7. The number of benzene rings is 1. The molecule has 1 aliphatic heterocycles. The molecule has 1 aromatic carbocycles. The van der Waals surface area contributed by atoms with Crippen molar-refractivity contribution in [3.05, 3.63) is 33.8 Å². The normalized spacial score (nSPS) is 18.5. The van der Waals surface area contributed by atoms with Crippen LogP contribution in [0.3, 0.4) is 0 Å². The monoisotopic (exact) mass is 252 g/mol. The number of hydrogen-bond acceptors (Lipinski definition) is 3. The number of carbonyl (C=O) groups is 2. The van der Waals surface area contributed by atoms with Crippen molar-refractivity contribution in [2.75, 3.05) is 0 Å². The van der Waals surface area contributed by atoms with E-state index in [2.05, 4.69) is 0 Å². The molecule has 1 unspecified atom stereocenters. The maximum Gasteiger partial charge on any atom is 0.339 e. The minimum atomic E-state index is -0.638. The smallest absolute Gasteiger partial charge is 0.339 e. The lowest BCUT2D eigenvalue weighted by atomic mass is 9.94. The van der Waals surface area contributed by atoms with Crippen LogP contribution in [0, 0.1) is 6.92 Å². The first-order valence-corrected chi connectivity index (χ1v) is 5.93. The summed E-state index contributed by atoms with van der Waals surface area (Å²) in [5, 5.41) is 0.543. The van der Waals surface area contributed by atoms with E-state index in [-0.39, 0.29) is 5.78 Å². The Balaban J connectivity index is 2.39. The highest BCUT2D eigenvalue weighted by Gasteiger charge is 2.30. The van der Waals surface area contributed by atoms with Gasteiger partial charge in [0.2, 0.25) is 0 Å². The Morgan fingerprint density at radius 2 is 2.24 bits per heavy atom. The molecule has 1 aliphatic rings. The van der Waals surface area contributed by atoms with Gasteiger partial charge in [0, 0.05) is 17.9 Å². The molecule has 0 aliphatic carbocycles. The zero-order chi connectivity index (χ0) is 12.6. The Labute approximate surface area is 105 Å². The van der Waals surface area contributed by atoms with Crippen LogP contribution in [0.4, 0.5) is 0 Å². The number of esters is 1. The summed E-state index contributed by atoms with van der Waals surface area (Å²) >= 11 is 5.96. The summed E-state index contributed by atoms with van der Waals surface area (Å²) in [5.41, 5.74) is 2.22. The number of halogens is 1. The predicted molar refractivity (Wildman–Crippen MR) is 64.4 cm³/mol. The molecule has 0 radical (unpaired) electrons. The van der Waals surface area contributed by atoms with E-state index in [1.54, 1.807) is 13.0 Å². The fourth-order valence-electron chi connectivity index (χ4n) is 1.94. The highest BCUT2D eigenvalue weighted by molar-refractivity contribution is 6.31.